The van der Waals surface area contributed by atoms with Gasteiger partial charge < -0.3 is 20.3 Å². The number of hydrogen-bond donors (Lipinski definition) is 2. The molecule has 3 rings (SSSR count). The van der Waals surface area contributed by atoms with Gasteiger partial charge in [0.25, 0.3) is 0 Å². The molecular formula is C23H36N4O3. The molecular weight excluding hydrogens is 380 g/mol. The Kier molecular flexibility index (Phi) is 8.51. The summed E-state index contributed by atoms with van der Waals surface area (Å²) in [6, 6.07) is 9.60. The number of hydrogen-bond acceptors (Lipinski definition) is 5. The topological polar surface area (TPSA) is 73.9 Å². The molecule has 7 heteroatoms. The summed E-state index contributed by atoms with van der Waals surface area (Å²) in [5, 5.41) is 6.09. The maximum atomic E-state index is 12.9. The van der Waals surface area contributed by atoms with Gasteiger partial charge in [-0.15, -0.1) is 0 Å². The summed E-state index contributed by atoms with van der Waals surface area (Å²) >= 11 is 0. The molecule has 0 bridgehead atoms. The molecule has 0 unspecified atom stereocenters. The van der Waals surface area contributed by atoms with Crippen molar-refractivity contribution in [3.63, 3.8) is 0 Å². The lowest BCUT2D eigenvalue weighted by atomic mass is 10.0. The Hall–Kier alpha value is -2.12. The van der Waals surface area contributed by atoms with Crippen LogP contribution in [0.25, 0.3) is 0 Å². The van der Waals surface area contributed by atoms with Crippen LogP contribution in [-0.2, 0) is 9.59 Å². The fourth-order valence-electron chi connectivity index (χ4n) is 4.52. The second kappa shape index (κ2) is 11.3. The van der Waals surface area contributed by atoms with Crippen molar-refractivity contribution in [3.05, 3.63) is 30.3 Å². The van der Waals surface area contributed by atoms with E-state index in [1.807, 2.05) is 30.3 Å². The molecule has 1 aromatic carbocycles. The highest BCUT2D eigenvalue weighted by Crippen LogP contribution is 2.32. The van der Waals surface area contributed by atoms with Crippen LogP contribution < -0.4 is 15.4 Å². The first-order valence-electron chi connectivity index (χ1n) is 11.2. The third kappa shape index (κ3) is 6.71. The highest BCUT2D eigenvalue weighted by Gasteiger charge is 2.39. The fourth-order valence-corrected chi connectivity index (χ4v) is 4.52. The Morgan fingerprint density at radius 1 is 1.07 bits per heavy atom. The molecule has 1 saturated heterocycles. The van der Waals surface area contributed by atoms with E-state index in [2.05, 4.69) is 27.4 Å². The quantitative estimate of drug-likeness (QED) is 0.636. The van der Waals surface area contributed by atoms with Gasteiger partial charge in [0, 0.05) is 52.2 Å². The van der Waals surface area contributed by atoms with Crippen molar-refractivity contribution in [2.75, 3.05) is 52.4 Å². The van der Waals surface area contributed by atoms with Crippen molar-refractivity contribution >= 4 is 11.8 Å². The third-order valence-corrected chi connectivity index (χ3v) is 6.25. The van der Waals surface area contributed by atoms with Crippen molar-refractivity contribution < 1.29 is 14.3 Å². The summed E-state index contributed by atoms with van der Waals surface area (Å²) in [6.45, 7) is 11.2. The molecule has 1 heterocycles. The molecule has 166 valence electrons. The Morgan fingerprint density at radius 3 is 2.43 bits per heavy atom. The Morgan fingerprint density at radius 2 is 1.77 bits per heavy atom. The first-order valence-corrected chi connectivity index (χ1v) is 11.2. The third-order valence-electron chi connectivity index (χ3n) is 6.25. The number of likely N-dealkylation sites (N-methyl/N-ethyl adjacent to an activating group) is 1. The highest BCUT2D eigenvalue weighted by atomic mass is 16.5. The van der Waals surface area contributed by atoms with Crippen LogP contribution in [0.1, 0.15) is 26.7 Å². The molecule has 1 saturated carbocycles. The number of rotatable bonds is 9. The van der Waals surface area contributed by atoms with E-state index in [0.717, 1.165) is 57.9 Å². The zero-order valence-electron chi connectivity index (χ0n) is 18.3. The van der Waals surface area contributed by atoms with E-state index >= 15 is 0 Å². The molecule has 30 heavy (non-hydrogen) atoms. The molecule has 2 N–H and O–H groups in total. The van der Waals surface area contributed by atoms with Crippen molar-refractivity contribution in [3.8, 4) is 5.75 Å². The zero-order valence-corrected chi connectivity index (χ0v) is 18.3. The van der Waals surface area contributed by atoms with E-state index in [1.54, 1.807) is 0 Å². The number of nitrogens with zero attached hydrogens (tertiary/aromatic N) is 2. The van der Waals surface area contributed by atoms with E-state index < -0.39 is 0 Å². The van der Waals surface area contributed by atoms with E-state index in [1.165, 1.54) is 6.92 Å². The van der Waals surface area contributed by atoms with Gasteiger partial charge in [-0.1, -0.05) is 25.1 Å². The summed E-state index contributed by atoms with van der Waals surface area (Å²) in [5.41, 5.74) is 0. The Bertz CT molecular complexity index is 676. The molecule has 1 aliphatic heterocycles. The highest BCUT2D eigenvalue weighted by molar-refractivity contribution is 5.81. The molecule has 3 atom stereocenters. The van der Waals surface area contributed by atoms with Crippen molar-refractivity contribution in [2.45, 2.75) is 32.7 Å². The smallest absolute Gasteiger partial charge is 0.225 e. The van der Waals surface area contributed by atoms with Crippen LogP contribution in [-0.4, -0.2) is 80.1 Å². The van der Waals surface area contributed by atoms with Gasteiger partial charge in [-0.2, -0.15) is 0 Å². The van der Waals surface area contributed by atoms with Gasteiger partial charge in [-0.05, 0) is 37.4 Å². The monoisotopic (exact) mass is 416 g/mol. The molecule has 1 aliphatic carbocycles. The normalized spacial score (nSPS) is 25.1. The van der Waals surface area contributed by atoms with Gasteiger partial charge in [0.15, 0.2) is 0 Å². The van der Waals surface area contributed by atoms with Gasteiger partial charge in [0.2, 0.25) is 11.8 Å². The van der Waals surface area contributed by atoms with Crippen LogP contribution in [0.5, 0.6) is 5.75 Å². The molecule has 2 fully saturated rings. The maximum absolute atomic E-state index is 12.9. The number of para-hydroxylation sites is 1. The maximum Gasteiger partial charge on any atom is 0.225 e. The molecule has 7 nitrogen and oxygen atoms in total. The minimum atomic E-state index is -0.199. The first-order chi connectivity index (χ1) is 14.5. The number of piperazine rings is 1. The van der Waals surface area contributed by atoms with Crippen LogP contribution in [0.4, 0.5) is 0 Å². The summed E-state index contributed by atoms with van der Waals surface area (Å²) in [5.74, 6) is 0.846. The number of nitrogens with one attached hydrogen (secondary N) is 2. The SMILES string of the molecule is CCN1CCN(CCNC(=O)[C@@H]2C[C@@H](COc3ccccc3)C[C@H]2NC(C)=O)CC1. The Labute approximate surface area is 180 Å². The second-order valence-corrected chi connectivity index (χ2v) is 8.44. The largest absolute Gasteiger partial charge is 0.493 e. The summed E-state index contributed by atoms with van der Waals surface area (Å²) in [7, 11) is 0. The van der Waals surface area contributed by atoms with E-state index in [-0.39, 0.29) is 29.7 Å². The van der Waals surface area contributed by atoms with Crippen LogP contribution in [0.15, 0.2) is 30.3 Å². The van der Waals surface area contributed by atoms with Gasteiger partial charge >= 0.3 is 0 Å². The molecule has 0 spiro atoms. The molecule has 2 aliphatic rings. The van der Waals surface area contributed by atoms with E-state index in [9.17, 15) is 9.59 Å². The van der Waals surface area contributed by atoms with Crippen LogP contribution in [0.3, 0.4) is 0 Å². The van der Waals surface area contributed by atoms with Gasteiger partial charge in [0.1, 0.15) is 5.75 Å². The standard InChI is InChI=1S/C23H36N4O3/c1-3-26-11-13-27(14-12-26)10-9-24-23(29)21-15-19(16-22(21)25-18(2)28)17-30-20-7-5-4-6-8-20/h4-8,19,21-22H,3,9-17H2,1-2H3,(H,24,29)(H,25,28)/t19-,21-,22-/m1/s1. The van der Waals surface area contributed by atoms with Crippen LogP contribution in [0, 0.1) is 11.8 Å². The van der Waals surface area contributed by atoms with Gasteiger partial charge in [-0.3, -0.25) is 14.5 Å². The number of benzene rings is 1. The average Bonchev–Trinajstić information content (AvgIpc) is 3.15. The minimum absolute atomic E-state index is 0.0446. The number of amides is 2. The summed E-state index contributed by atoms with van der Waals surface area (Å²) in [6.07, 6.45) is 1.50. The second-order valence-electron chi connectivity index (χ2n) is 8.44. The lowest BCUT2D eigenvalue weighted by Gasteiger charge is -2.34. The molecule has 1 aromatic rings. The first kappa shape index (κ1) is 22.6. The number of carbonyl (C=O) groups excluding carboxylic acids is 2. The van der Waals surface area contributed by atoms with Crippen LogP contribution in [0.2, 0.25) is 0 Å². The predicted molar refractivity (Wildman–Crippen MR) is 117 cm³/mol. The zero-order chi connectivity index (χ0) is 21.3. The van der Waals surface area contributed by atoms with Gasteiger partial charge in [-0.25, -0.2) is 0 Å². The van der Waals surface area contributed by atoms with E-state index in [0.29, 0.717) is 13.2 Å². The summed E-state index contributed by atoms with van der Waals surface area (Å²) in [4.78, 5) is 29.4. The molecule has 0 aromatic heterocycles. The predicted octanol–water partition coefficient (Wildman–Crippen LogP) is 1.35. The van der Waals surface area contributed by atoms with Crippen LogP contribution >= 0.6 is 0 Å². The molecule has 0 radical (unpaired) electrons. The van der Waals surface area contributed by atoms with Crippen molar-refractivity contribution in [2.24, 2.45) is 11.8 Å². The minimum Gasteiger partial charge on any atom is -0.493 e. The lowest BCUT2D eigenvalue weighted by Crippen LogP contribution is -2.49. The van der Waals surface area contributed by atoms with Crippen molar-refractivity contribution in [1.29, 1.82) is 0 Å². The van der Waals surface area contributed by atoms with Crippen molar-refractivity contribution in [1.82, 2.24) is 20.4 Å². The lowest BCUT2D eigenvalue weighted by molar-refractivity contribution is -0.126. The average molecular weight is 417 g/mol. The van der Waals surface area contributed by atoms with E-state index in [4.69, 9.17) is 4.74 Å². The Balaban J connectivity index is 1.45. The fraction of sp³-hybridized carbons (Fsp3) is 0.652. The molecule has 2 amide bonds. The number of carbonyl (C=O) groups is 2. The number of ether oxygens (including phenoxy) is 1. The summed E-state index contributed by atoms with van der Waals surface area (Å²) < 4.78 is 5.89. The van der Waals surface area contributed by atoms with Gasteiger partial charge in [0.05, 0.1) is 12.5 Å².